The number of H-pyrrole nitrogens is 1. The average molecular weight is 310 g/mol. The molecule has 6 heteroatoms. The van der Waals surface area contributed by atoms with Gasteiger partial charge in [-0.1, -0.05) is 30.3 Å². The molecule has 0 saturated heterocycles. The summed E-state index contributed by atoms with van der Waals surface area (Å²) in [7, 11) is 1.79. The number of amides is 1. The molecule has 1 aromatic carbocycles. The van der Waals surface area contributed by atoms with Gasteiger partial charge in [0.25, 0.3) is 5.56 Å². The van der Waals surface area contributed by atoms with Gasteiger partial charge in [-0.05, 0) is 12.0 Å². The molecule has 0 aliphatic carbocycles. The highest BCUT2D eigenvalue weighted by molar-refractivity contribution is 5.78. The van der Waals surface area contributed by atoms with Gasteiger partial charge in [0.05, 0.1) is 12.1 Å². The second-order valence-corrected chi connectivity index (χ2v) is 5.46. The number of aromatic nitrogens is 3. The van der Waals surface area contributed by atoms with Gasteiger partial charge in [0.1, 0.15) is 0 Å². The lowest BCUT2D eigenvalue weighted by Crippen LogP contribution is -2.30. The molecule has 118 valence electrons. The van der Waals surface area contributed by atoms with E-state index in [1.807, 2.05) is 18.2 Å². The lowest BCUT2D eigenvalue weighted by atomic mass is 10.1. The molecule has 6 nitrogen and oxygen atoms in total. The fourth-order valence-corrected chi connectivity index (χ4v) is 2.47. The Morgan fingerprint density at radius 1 is 1.30 bits per heavy atom. The van der Waals surface area contributed by atoms with Crippen LogP contribution in [0.2, 0.25) is 0 Å². The normalized spacial score (nSPS) is 10.8. The topological polar surface area (TPSA) is 70.5 Å². The second kappa shape index (κ2) is 6.48. The van der Waals surface area contributed by atoms with Gasteiger partial charge in [0.2, 0.25) is 11.6 Å². The molecule has 1 amide bonds. The number of aromatic amines is 1. The van der Waals surface area contributed by atoms with E-state index in [9.17, 15) is 9.59 Å². The average Bonchev–Trinajstić information content (AvgIpc) is 2.98. The molecule has 0 radical (unpaired) electrons. The highest BCUT2D eigenvalue weighted by Gasteiger charge is 2.13. The molecule has 0 fully saturated rings. The summed E-state index contributed by atoms with van der Waals surface area (Å²) in [5.41, 5.74) is 1.96. The highest BCUT2D eigenvalue weighted by Crippen LogP contribution is 2.06. The zero-order valence-corrected chi connectivity index (χ0v) is 12.9. The number of hydrogen-bond acceptors (Lipinski definition) is 3. The lowest BCUT2D eigenvalue weighted by molar-refractivity contribution is -0.129. The van der Waals surface area contributed by atoms with Crippen molar-refractivity contribution in [1.82, 2.24) is 19.3 Å². The Hall–Kier alpha value is -2.89. The molecular weight excluding hydrogens is 292 g/mol. The number of hydrogen-bond donors (Lipinski definition) is 1. The minimum atomic E-state index is -0.261. The van der Waals surface area contributed by atoms with E-state index in [1.165, 1.54) is 5.56 Å². The van der Waals surface area contributed by atoms with Crippen molar-refractivity contribution in [2.24, 2.45) is 0 Å². The first kappa shape index (κ1) is 15.0. The molecule has 23 heavy (non-hydrogen) atoms. The molecule has 3 rings (SSSR count). The van der Waals surface area contributed by atoms with E-state index in [4.69, 9.17) is 0 Å². The number of nitrogens with zero attached hydrogens (tertiary/aromatic N) is 3. The van der Waals surface area contributed by atoms with Crippen LogP contribution in [0.15, 0.2) is 53.7 Å². The maximum Gasteiger partial charge on any atom is 0.291 e. The quantitative estimate of drug-likeness (QED) is 0.771. The first-order valence-electron chi connectivity index (χ1n) is 7.46. The van der Waals surface area contributed by atoms with Crippen molar-refractivity contribution in [3.8, 4) is 0 Å². The van der Waals surface area contributed by atoms with E-state index in [0.29, 0.717) is 17.9 Å². The Morgan fingerprint density at radius 3 is 2.87 bits per heavy atom. The molecule has 0 aliphatic rings. The summed E-state index contributed by atoms with van der Waals surface area (Å²) in [5.74, 6) is 0.00279. The minimum absolute atomic E-state index is 0.00279. The van der Waals surface area contributed by atoms with E-state index in [1.54, 1.807) is 34.9 Å². The van der Waals surface area contributed by atoms with E-state index >= 15 is 0 Å². The van der Waals surface area contributed by atoms with Crippen LogP contribution in [-0.4, -0.2) is 38.8 Å². The molecule has 0 saturated carbocycles. The number of fused-ring (bicyclic) bond motifs is 1. The number of likely N-dealkylation sites (N-methyl/N-ethyl adjacent to an activating group) is 1. The van der Waals surface area contributed by atoms with Crippen molar-refractivity contribution < 1.29 is 4.79 Å². The number of benzene rings is 1. The number of carbonyl (C=O) groups excluding carboxylic acids is 1. The summed E-state index contributed by atoms with van der Waals surface area (Å²) in [5, 5.41) is 0. The largest absolute Gasteiger partial charge is 0.345 e. The van der Waals surface area contributed by atoms with Crippen molar-refractivity contribution in [2.45, 2.75) is 12.8 Å². The molecule has 3 aromatic rings. The van der Waals surface area contributed by atoms with Crippen LogP contribution < -0.4 is 5.56 Å². The zero-order chi connectivity index (χ0) is 16.2. The van der Waals surface area contributed by atoms with Gasteiger partial charge in [-0.3, -0.25) is 14.0 Å². The highest BCUT2D eigenvalue weighted by atomic mass is 16.2. The van der Waals surface area contributed by atoms with Crippen molar-refractivity contribution in [3.63, 3.8) is 0 Å². The summed E-state index contributed by atoms with van der Waals surface area (Å²) < 4.78 is 1.65. The Bertz CT molecular complexity index is 867. The van der Waals surface area contributed by atoms with Crippen LogP contribution in [0.1, 0.15) is 11.3 Å². The van der Waals surface area contributed by atoms with Crippen LogP contribution in [0.5, 0.6) is 0 Å². The smallest absolute Gasteiger partial charge is 0.291 e. The maximum atomic E-state index is 12.4. The number of imidazole rings is 1. The van der Waals surface area contributed by atoms with E-state index in [-0.39, 0.29) is 17.9 Å². The van der Waals surface area contributed by atoms with Crippen LogP contribution in [0.25, 0.3) is 5.65 Å². The Balaban J connectivity index is 1.66. The van der Waals surface area contributed by atoms with Gasteiger partial charge in [-0.2, -0.15) is 0 Å². The third-order valence-electron chi connectivity index (χ3n) is 3.85. The van der Waals surface area contributed by atoms with E-state index in [0.717, 1.165) is 6.42 Å². The van der Waals surface area contributed by atoms with E-state index in [2.05, 4.69) is 22.1 Å². The standard InChI is InChI=1S/C17H18N4O2/c1-20(9-7-13-5-3-2-4-6-13)15(22)11-14-12-19-16-17(23)18-8-10-21(14)16/h2-6,8,10,12H,7,9,11H2,1H3,(H,18,23). The summed E-state index contributed by atoms with van der Waals surface area (Å²) in [6, 6.07) is 10.1. The van der Waals surface area contributed by atoms with Gasteiger partial charge >= 0.3 is 0 Å². The second-order valence-electron chi connectivity index (χ2n) is 5.46. The van der Waals surface area contributed by atoms with Crippen LogP contribution in [0, 0.1) is 0 Å². The summed E-state index contributed by atoms with van der Waals surface area (Å²) in [6.45, 7) is 0.653. The molecule has 0 unspecified atom stereocenters. The minimum Gasteiger partial charge on any atom is -0.345 e. The Labute approximate surface area is 133 Å². The van der Waals surface area contributed by atoms with Crippen molar-refractivity contribution >= 4 is 11.6 Å². The Kier molecular flexibility index (Phi) is 4.23. The summed E-state index contributed by atoms with van der Waals surface area (Å²) in [4.78, 5) is 32.3. The predicted octanol–water partition coefficient (Wildman–Crippen LogP) is 1.27. The zero-order valence-electron chi connectivity index (χ0n) is 12.9. The first-order valence-corrected chi connectivity index (χ1v) is 7.46. The fraction of sp³-hybridized carbons (Fsp3) is 0.235. The van der Waals surface area contributed by atoms with Crippen LogP contribution in [-0.2, 0) is 17.6 Å². The fourth-order valence-electron chi connectivity index (χ4n) is 2.47. The summed E-state index contributed by atoms with van der Waals surface area (Å²) in [6.07, 6.45) is 5.86. The molecular formula is C17H18N4O2. The predicted molar refractivity (Wildman–Crippen MR) is 87.3 cm³/mol. The van der Waals surface area contributed by atoms with E-state index < -0.39 is 0 Å². The first-order chi connectivity index (χ1) is 11.1. The van der Waals surface area contributed by atoms with Gasteiger partial charge in [0, 0.05) is 32.2 Å². The van der Waals surface area contributed by atoms with Gasteiger partial charge in [-0.25, -0.2) is 4.98 Å². The van der Waals surface area contributed by atoms with Gasteiger partial charge < -0.3 is 9.88 Å². The monoisotopic (exact) mass is 310 g/mol. The van der Waals surface area contributed by atoms with Crippen LogP contribution >= 0.6 is 0 Å². The molecule has 0 atom stereocenters. The molecule has 1 N–H and O–H groups in total. The maximum absolute atomic E-state index is 12.4. The third-order valence-corrected chi connectivity index (χ3v) is 3.85. The van der Waals surface area contributed by atoms with Crippen LogP contribution in [0.4, 0.5) is 0 Å². The molecule has 2 heterocycles. The van der Waals surface area contributed by atoms with Gasteiger partial charge in [0.15, 0.2) is 0 Å². The molecule has 0 aliphatic heterocycles. The summed E-state index contributed by atoms with van der Waals surface area (Å²) >= 11 is 0. The van der Waals surface area contributed by atoms with Gasteiger partial charge in [-0.15, -0.1) is 0 Å². The van der Waals surface area contributed by atoms with Crippen molar-refractivity contribution in [3.05, 3.63) is 70.5 Å². The molecule has 0 bridgehead atoms. The molecule has 0 spiro atoms. The lowest BCUT2D eigenvalue weighted by Gasteiger charge is -2.17. The number of carbonyl (C=O) groups is 1. The molecule has 2 aromatic heterocycles. The SMILES string of the molecule is CN(CCc1ccccc1)C(=O)Cc1cnc2c(=O)[nH]ccn12. The number of rotatable bonds is 5. The third kappa shape index (κ3) is 3.31. The number of nitrogens with one attached hydrogen (secondary N) is 1. The van der Waals surface area contributed by atoms with Crippen LogP contribution in [0.3, 0.4) is 0 Å². The Morgan fingerprint density at radius 2 is 2.09 bits per heavy atom. The van der Waals surface area contributed by atoms with Crippen molar-refractivity contribution in [1.29, 1.82) is 0 Å². The van der Waals surface area contributed by atoms with Crippen molar-refractivity contribution in [2.75, 3.05) is 13.6 Å².